The third-order valence-corrected chi connectivity index (χ3v) is 3.81. The molecule has 0 heterocycles. The summed E-state index contributed by atoms with van der Waals surface area (Å²) in [4.78, 5) is 22.9. The Kier molecular flexibility index (Phi) is 16.8. The second-order valence-electron chi connectivity index (χ2n) is 6.19. The summed E-state index contributed by atoms with van der Waals surface area (Å²) in [5, 5.41) is 11.5. The molecule has 24 heavy (non-hydrogen) atoms. The van der Waals surface area contributed by atoms with Crippen LogP contribution in [0.15, 0.2) is 0 Å². The van der Waals surface area contributed by atoms with Crippen molar-refractivity contribution in [3.05, 3.63) is 0 Å². The molecule has 142 valence electrons. The lowest BCUT2D eigenvalue weighted by Crippen LogP contribution is -2.36. The van der Waals surface area contributed by atoms with Gasteiger partial charge in [-0.05, 0) is 25.7 Å². The third-order valence-electron chi connectivity index (χ3n) is 3.81. The van der Waals surface area contributed by atoms with Crippen molar-refractivity contribution in [3.63, 3.8) is 0 Å². The van der Waals surface area contributed by atoms with Crippen molar-refractivity contribution in [2.24, 2.45) is 0 Å². The van der Waals surface area contributed by atoms with E-state index in [1.54, 1.807) is 0 Å². The molecule has 4 N–H and O–H groups in total. The fourth-order valence-electron chi connectivity index (χ4n) is 2.29. The van der Waals surface area contributed by atoms with E-state index in [1.807, 2.05) is 0 Å². The van der Waals surface area contributed by atoms with Crippen LogP contribution in [0.4, 0.5) is 9.59 Å². The maximum atomic E-state index is 11.5. The topological polar surface area (TPSA) is 82.3 Å². The van der Waals surface area contributed by atoms with Crippen LogP contribution in [-0.4, -0.2) is 38.2 Å². The Morgan fingerprint density at radius 3 is 1.08 bits per heavy atom. The Balaban J connectivity index is 3.24. The minimum atomic E-state index is -0.0625. The van der Waals surface area contributed by atoms with Crippen LogP contribution in [-0.2, 0) is 0 Å². The Morgan fingerprint density at radius 2 is 0.792 bits per heavy atom. The van der Waals surface area contributed by atoms with Gasteiger partial charge in [-0.2, -0.15) is 0 Å². The Bertz CT molecular complexity index is 281. The van der Waals surface area contributed by atoms with E-state index in [2.05, 4.69) is 35.1 Å². The van der Waals surface area contributed by atoms with E-state index in [-0.39, 0.29) is 12.1 Å². The summed E-state index contributed by atoms with van der Waals surface area (Å²) in [6.07, 6.45) is 10.8. The maximum absolute atomic E-state index is 11.5. The van der Waals surface area contributed by atoms with Crippen LogP contribution >= 0.6 is 0 Å². The molecule has 0 spiro atoms. The average Bonchev–Trinajstić information content (AvgIpc) is 2.58. The van der Waals surface area contributed by atoms with Crippen LogP contribution < -0.4 is 21.3 Å². The van der Waals surface area contributed by atoms with Gasteiger partial charge in [0, 0.05) is 26.2 Å². The molecule has 0 aliphatic heterocycles. The molecule has 0 aliphatic rings. The van der Waals surface area contributed by atoms with E-state index in [4.69, 9.17) is 0 Å². The number of carbonyl (C=O) groups excluding carboxylic acids is 2. The van der Waals surface area contributed by atoms with E-state index in [9.17, 15) is 9.59 Å². The van der Waals surface area contributed by atoms with Crippen molar-refractivity contribution in [3.8, 4) is 0 Å². The minimum absolute atomic E-state index is 0.0625. The van der Waals surface area contributed by atoms with Crippen LogP contribution in [0.25, 0.3) is 0 Å². The van der Waals surface area contributed by atoms with Gasteiger partial charge in [-0.25, -0.2) is 9.59 Å². The van der Waals surface area contributed by atoms with Crippen molar-refractivity contribution >= 4 is 12.1 Å². The van der Waals surface area contributed by atoms with E-state index < -0.39 is 0 Å². The molecule has 0 unspecified atom stereocenters. The van der Waals surface area contributed by atoms with Crippen molar-refractivity contribution in [2.45, 2.75) is 78.1 Å². The zero-order valence-electron chi connectivity index (χ0n) is 15.7. The predicted octanol–water partition coefficient (Wildman–Crippen LogP) is 3.53. The molecular weight excluding hydrogens is 304 g/mol. The van der Waals surface area contributed by atoms with Crippen LogP contribution in [0.3, 0.4) is 0 Å². The molecule has 6 nitrogen and oxygen atoms in total. The summed E-state index contributed by atoms with van der Waals surface area (Å²) in [7, 11) is 0. The number of nitrogens with one attached hydrogen (secondary N) is 4. The highest BCUT2D eigenvalue weighted by atomic mass is 16.2. The molecule has 0 aliphatic carbocycles. The van der Waals surface area contributed by atoms with Crippen LogP contribution in [0, 0.1) is 0 Å². The fraction of sp³-hybridized carbons (Fsp3) is 0.889. The minimum Gasteiger partial charge on any atom is -0.338 e. The third kappa shape index (κ3) is 16.9. The second kappa shape index (κ2) is 17.9. The lowest BCUT2D eigenvalue weighted by molar-refractivity contribution is 0.239. The number of hydrogen-bond acceptors (Lipinski definition) is 2. The van der Waals surface area contributed by atoms with E-state index in [0.29, 0.717) is 13.1 Å². The summed E-state index contributed by atoms with van der Waals surface area (Å²) in [6, 6.07) is -0.125. The van der Waals surface area contributed by atoms with Crippen molar-refractivity contribution in [2.75, 3.05) is 26.2 Å². The van der Waals surface area contributed by atoms with Gasteiger partial charge >= 0.3 is 12.1 Å². The largest absolute Gasteiger partial charge is 0.338 e. The van der Waals surface area contributed by atoms with Gasteiger partial charge in [-0.3, -0.25) is 0 Å². The van der Waals surface area contributed by atoms with Crippen LogP contribution in [0.5, 0.6) is 0 Å². The molecule has 6 heteroatoms. The number of amides is 4. The quantitative estimate of drug-likeness (QED) is 0.343. The molecule has 0 rings (SSSR count). The molecule has 0 saturated carbocycles. The number of carbonyl (C=O) groups is 2. The average molecular weight is 343 g/mol. The second-order valence-corrected chi connectivity index (χ2v) is 6.19. The van der Waals surface area contributed by atoms with E-state index >= 15 is 0 Å². The number of rotatable bonds is 15. The standard InChI is InChI=1S/C18H38N4O2/c1-3-5-9-13-19-17(23)21-15-11-7-8-12-16-22-18(24)20-14-10-6-4-2/h3-16H2,1-2H3,(H2,19,21,23)(H2,20,22,24). The Morgan fingerprint density at radius 1 is 0.500 bits per heavy atom. The normalized spacial score (nSPS) is 10.2. The smallest absolute Gasteiger partial charge is 0.314 e. The monoisotopic (exact) mass is 342 g/mol. The first-order valence-electron chi connectivity index (χ1n) is 9.74. The summed E-state index contributed by atoms with van der Waals surface area (Å²) in [5.41, 5.74) is 0. The summed E-state index contributed by atoms with van der Waals surface area (Å²) < 4.78 is 0. The Labute approximate surface area is 147 Å². The van der Waals surface area contributed by atoms with E-state index in [0.717, 1.165) is 64.5 Å². The van der Waals surface area contributed by atoms with Crippen molar-refractivity contribution in [1.29, 1.82) is 0 Å². The van der Waals surface area contributed by atoms with Crippen molar-refractivity contribution < 1.29 is 9.59 Å². The molecule has 0 fully saturated rings. The first kappa shape index (κ1) is 22.5. The summed E-state index contributed by atoms with van der Waals surface area (Å²) in [6.45, 7) is 7.23. The number of hydrogen-bond donors (Lipinski definition) is 4. The molecule has 0 radical (unpaired) electrons. The molecule has 0 aromatic carbocycles. The highest BCUT2D eigenvalue weighted by molar-refractivity contribution is 5.74. The molecule has 0 atom stereocenters. The van der Waals surface area contributed by atoms with Crippen molar-refractivity contribution in [1.82, 2.24) is 21.3 Å². The maximum Gasteiger partial charge on any atom is 0.314 e. The van der Waals surface area contributed by atoms with Crippen LogP contribution in [0.2, 0.25) is 0 Å². The van der Waals surface area contributed by atoms with Crippen LogP contribution in [0.1, 0.15) is 78.1 Å². The van der Waals surface area contributed by atoms with Gasteiger partial charge in [0.15, 0.2) is 0 Å². The molecule has 0 aromatic heterocycles. The highest BCUT2D eigenvalue weighted by Gasteiger charge is 1.99. The van der Waals surface area contributed by atoms with E-state index in [1.165, 1.54) is 12.8 Å². The highest BCUT2D eigenvalue weighted by Crippen LogP contribution is 1.98. The lowest BCUT2D eigenvalue weighted by atomic mass is 10.2. The van der Waals surface area contributed by atoms with Gasteiger partial charge in [-0.1, -0.05) is 52.4 Å². The fourth-order valence-corrected chi connectivity index (χ4v) is 2.29. The lowest BCUT2D eigenvalue weighted by Gasteiger charge is -2.08. The summed E-state index contributed by atoms with van der Waals surface area (Å²) in [5.74, 6) is 0. The van der Waals surface area contributed by atoms with Gasteiger partial charge in [0.05, 0.1) is 0 Å². The van der Waals surface area contributed by atoms with Gasteiger partial charge in [0.25, 0.3) is 0 Å². The summed E-state index contributed by atoms with van der Waals surface area (Å²) >= 11 is 0. The zero-order chi connectivity index (χ0) is 17.9. The Hall–Kier alpha value is -1.46. The van der Waals surface area contributed by atoms with Gasteiger partial charge in [0.1, 0.15) is 0 Å². The van der Waals surface area contributed by atoms with Gasteiger partial charge in [0.2, 0.25) is 0 Å². The molecule has 0 aromatic rings. The zero-order valence-corrected chi connectivity index (χ0v) is 15.7. The molecule has 4 amide bonds. The first-order valence-corrected chi connectivity index (χ1v) is 9.74. The first-order chi connectivity index (χ1) is 11.7. The molecular formula is C18H38N4O2. The molecule has 0 saturated heterocycles. The number of urea groups is 2. The SMILES string of the molecule is CCCCCNC(=O)NCCCCCCNC(=O)NCCCCC. The molecule has 0 bridgehead atoms. The van der Waals surface area contributed by atoms with Gasteiger partial charge < -0.3 is 21.3 Å². The predicted molar refractivity (Wildman–Crippen MR) is 100 cm³/mol. The van der Waals surface area contributed by atoms with Gasteiger partial charge in [-0.15, -0.1) is 0 Å². The number of unbranched alkanes of at least 4 members (excludes halogenated alkanes) is 7.